The molecule has 1 aliphatic rings. The number of rotatable bonds is 1. The molecule has 0 bridgehead atoms. The average Bonchev–Trinajstić information content (AvgIpc) is 2.78. The lowest BCUT2D eigenvalue weighted by Crippen LogP contribution is -2.15. The minimum absolute atomic E-state index is 0.247. The minimum atomic E-state index is -0.247. The van der Waals surface area contributed by atoms with Crippen molar-refractivity contribution in [3.8, 4) is 0 Å². The summed E-state index contributed by atoms with van der Waals surface area (Å²) in [6, 6.07) is 11.5. The molecule has 0 saturated carbocycles. The van der Waals surface area contributed by atoms with Crippen molar-refractivity contribution >= 4 is 17.1 Å². The molecule has 0 atom stereocenters. The summed E-state index contributed by atoms with van der Waals surface area (Å²) in [5, 5.41) is 0. The number of nitrogens with two attached hydrogens (primary N) is 1. The highest BCUT2D eigenvalue weighted by atomic mass is 19.1. The van der Waals surface area contributed by atoms with Crippen molar-refractivity contribution in [2.75, 3.05) is 17.2 Å². The predicted octanol–water partition coefficient (Wildman–Crippen LogP) is 3.41. The number of nitrogens with zero attached hydrogens (tertiary/aromatic N) is 1. The van der Waals surface area contributed by atoms with Crippen LogP contribution < -0.4 is 10.6 Å². The van der Waals surface area contributed by atoms with Crippen molar-refractivity contribution in [2.45, 2.75) is 13.3 Å². The highest BCUT2D eigenvalue weighted by molar-refractivity contribution is 5.78. The van der Waals surface area contributed by atoms with E-state index in [0.29, 0.717) is 11.3 Å². The fourth-order valence-corrected chi connectivity index (χ4v) is 2.50. The van der Waals surface area contributed by atoms with E-state index in [0.717, 1.165) is 18.7 Å². The first-order valence-electron chi connectivity index (χ1n) is 6.08. The van der Waals surface area contributed by atoms with Gasteiger partial charge in [-0.3, -0.25) is 0 Å². The number of fused-ring (bicyclic) bond motifs is 1. The quantitative estimate of drug-likeness (QED) is 0.776. The molecule has 2 aromatic carbocycles. The Morgan fingerprint density at radius 2 is 1.94 bits per heavy atom. The Bertz CT molecular complexity index is 607. The van der Waals surface area contributed by atoms with E-state index in [1.54, 1.807) is 6.92 Å². The zero-order valence-electron chi connectivity index (χ0n) is 10.3. The summed E-state index contributed by atoms with van der Waals surface area (Å²) in [5.74, 6) is -0.247. The van der Waals surface area contributed by atoms with Gasteiger partial charge in [-0.15, -0.1) is 0 Å². The third kappa shape index (κ3) is 1.63. The molecule has 0 radical (unpaired) electrons. The lowest BCUT2D eigenvalue weighted by Gasteiger charge is -2.22. The van der Waals surface area contributed by atoms with Gasteiger partial charge in [0.05, 0.1) is 11.4 Å². The van der Waals surface area contributed by atoms with Crippen LogP contribution in [0.2, 0.25) is 0 Å². The van der Waals surface area contributed by atoms with Crippen LogP contribution in [0, 0.1) is 12.7 Å². The van der Waals surface area contributed by atoms with Gasteiger partial charge in [0.15, 0.2) is 0 Å². The van der Waals surface area contributed by atoms with E-state index in [1.807, 2.05) is 18.2 Å². The molecule has 3 heteroatoms. The van der Waals surface area contributed by atoms with Crippen LogP contribution >= 0.6 is 0 Å². The second-order valence-corrected chi connectivity index (χ2v) is 4.69. The Kier molecular flexibility index (Phi) is 2.47. The smallest absolute Gasteiger partial charge is 0.128 e. The van der Waals surface area contributed by atoms with Crippen molar-refractivity contribution in [1.82, 2.24) is 0 Å². The fourth-order valence-electron chi connectivity index (χ4n) is 2.50. The van der Waals surface area contributed by atoms with Crippen molar-refractivity contribution in [2.24, 2.45) is 0 Å². The Morgan fingerprint density at radius 3 is 2.78 bits per heavy atom. The van der Waals surface area contributed by atoms with E-state index < -0.39 is 0 Å². The van der Waals surface area contributed by atoms with Crippen molar-refractivity contribution < 1.29 is 4.39 Å². The molecule has 0 amide bonds. The van der Waals surface area contributed by atoms with Crippen LogP contribution in [0.5, 0.6) is 0 Å². The average molecular weight is 242 g/mol. The number of para-hydroxylation sites is 1. The summed E-state index contributed by atoms with van der Waals surface area (Å²) in [6.45, 7) is 2.66. The molecular weight excluding hydrogens is 227 g/mol. The van der Waals surface area contributed by atoms with Crippen LogP contribution in [0.3, 0.4) is 0 Å². The topological polar surface area (TPSA) is 29.3 Å². The van der Waals surface area contributed by atoms with Crippen LogP contribution in [-0.4, -0.2) is 6.54 Å². The number of hydrogen-bond acceptors (Lipinski definition) is 2. The maximum atomic E-state index is 13.4. The molecule has 92 valence electrons. The molecular formula is C15H15FN2. The van der Waals surface area contributed by atoms with Gasteiger partial charge in [-0.1, -0.05) is 18.2 Å². The fraction of sp³-hybridized carbons (Fsp3) is 0.200. The molecule has 0 aromatic heterocycles. The second-order valence-electron chi connectivity index (χ2n) is 4.69. The van der Waals surface area contributed by atoms with Gasteiger partial charge >= 0.3 is 0 Å². The van der Waals surface area contributed by atoms with E-state index in [-0.39, 0.29) is 5.82 Å². The first-order valence-corrected chi connectivity index (χ1v) is 6.08. The van der Waals surface area contributed by atoms with Gasteiger partial charge in [0, 0.05) is 12.2 Å². The molecule has 1 heterocycles. The van der Waals surface area contributed by atoms with Crippen LogP contribution in [0.4, 0.5) is 21.5 Å². The molecule has 0 unspecified atom stereocenters. The Morgan fingerprint density at radius 1 is 1.17 bits per heavy atom. The molecule has 18 heavy (non-hydrogen) atoms. The third-order valence-corrected chi connectivity index (χ3v) is 3.49. The van der Waals surface area contributed by atoms with Gasteiger partial charge in [0.25, 0.3) is 0 Å². The standard InChI is InChI=1S/C15H15FN2/c1-10-8-15(13(17)9-12(10)16)18-7-6-11-4-2-3-5-14(11)18/h2-5,8-9H,6-7,17H2,1H3. The molecule has 0 saturated heterocycles. The number of nitrogen functional groups attached to an aromatic ring is 1. The summed E-state index contributed by atoms with van der Waals surface area (Å²) in [4.78, 5) is 2.16. The van der Waals surface area contributed by atoms with Crippen LogP contribution in [0.1, 0.15) is 11.1 Å². The van der Waals surface area contributed by atoms with Crippen LogP contribution in [0.25, 0.3) is 0 Å². The zero-order valence-corrected chi connectivity index (χ0v) is 10.3. The Hall–Kier alpha value is -2.03. The zero-order chi connectivity index (χ0) is 12.7. The number of benzene rings is 2. The maximum absolute atomic E-state index is 13.4. The minimum Gasteiger partial charge on any atom is -0.397 e. The molecule has 1 aliphatic heterocycles. The van der Waals surface area contributed by atoms with Gasteiger partial charge in [-0.2, -0.15) is 0 Å². The molecule has 2 N–H and O–H groups in total. The molecule has 2 nitrogen and oxygen atoms in total. The van der Waals surface area contributed by atoms with E-state index >= 15 is 0 Å². The summed E-state index contributed by atoms with van der Waals surface area (Å²) in [7, 11) is 0. The molecule has 0 aliphatic carbocycles. The van der Waals surface area contributed by atoms with Crippen LogP contribution in [-0.2, 0) is 6.42 Å². The van der Waals surface area contributed by atoms with Crippen molar-refractivity contribution in [3.05, 3.63) is 53.3 Å². The summed E-state index contributed by atoms with van der Waals surface area (Å²) < 4.78 is 13.4. The number of hydrogen-bond donors (Lipinski definition) is 1. The first-order chi connectivity index (χ1) is 8.66. The largest absolute Gasteiger partial charge is 0.397 e. The van der Waals surface area contributed by atoms with Gasteiger partial charge in [-0.05, 0) is 42.7 Å². The van der Waals surface area contributed by atoms with Crippen molar-refractivity contribution in [3.63, 3.8) is 0 Å². The highest BCUT2D eigenvalue weighted by Gasteiger charge is 2.21. The van der Waals surface area contributed by atoms with Crippen LogP contribution in [0.15, 0.2) is 36.4 Å². The van der Waals surface area contributed by atoms with E-state index in [1.165, 1.54) is 17.3 Å². The number of aryl methyl sites for hydroxylation is 1. The molecule has 3 rings (SSSR count). The van der Waals surface area contributed by atoms with E-state index in [9.17, 15) is 4.39 Å². The van der Waals surface area contributed by atoms with Crippen molar-refractivity contribution in [1.29, 1.82) is 0 Å². The lowest BCUT2D eigenvalue weighted by molar-refractivity contribution is 0.619. The monoisotopic (exact) mass is 242 g/mol. The lowest BCUT2D eigenvalue weighted by atomic mass is 10.1. The third-order valence-electron chi connectivity index (χ3n) is 3.49. The number of anilines is 3. The predicted molar refractivity (Wildman–Crippen MR) is 72.7 cm³/mol. The van der Waals surface area contributed by atoms with E-state index in [2.05, 4.69) is 17.0 Å². The molecule has 0 fully saturated rings. The highest BCUT2D eigenvalue weighted by Crippen LogP contribution is 2.38. The normalized spacial score (nSPS) is 13.8. The summed E-state index contributed by atoms with van der Waals surface area (Å²) >= 11 is 0. The second kappa shape index (κ2) is 4.02. The Balaban J connectivity index is 2.10. The Labute approximate surface area is 106 Å². The van der Waals surface area contributed by atoms with Gasteiger partial charge < -0.3 is 10.6 Å². The van der Waals surface area contributed by atoms with E-state index in [4.69, 9.17) is 5.73 Å². The first kappa shape index (κ1) is 11.1. The molecule has 2 aromatic rings. The maximum Gasteiger partial charge on any atom is 0.128 e. The van der Waals surface area contributed by atoms with Gasteiger partial charge in [-0.25, -0.2) is 4.39 Å². The van der Waals surface area contributed by atoms with Gasteiger partial charge in [0.2, 0.25) is 0 Å². The SMILES string of the molecule is Cc1cc(N2CCc3ccccc32)c(N)cc1F. The van der Waals surface area contributed by atoms with Gasteiger partial charge in [0.1, 0.15) is 5.82 Å². The summed E-state index contributed by atoms with van der Waals surface area (Å²) in [5.41, 5.74) is 10.5. The number of halogens is 1. The molecule has 0 spiro atoms. The summed E-state index contributed by atoms with van der Waals surface area (Å²) in [6.07, 6.45) is 1.01.